The van der Waals surface area contributed by atoms with Gasteiger partial charge in [0, 0.05) is 24.9 Å². The van der Waals surface area contributed by atoms with Crippen molar-refractivity contribution in [3.8, 4) is 0 Å². The molecule has 0 spiro atoms. The molecule has 0 bridgehead atoms. The van der Waals surface area contributed by atoms with Gasteiger partial charge in [0.1, 0.15) is 0 Å². The highest BCUT2D eigenvalue weighted by molar-refractivity contribution is 7.92. The number of carbonyl (C=O) groups is 1. The number of hydrogen-bond acceptors (Lipinski definition) is 3. The van der Waals surface area contributed by atoms with Crippen molar-refractivity contribution in [2.75, 3.05) is 13.1 Å². The quantitative estimate of drug-likeness (QED) is 0.655. The number of amides is 1. The Morgan fingerprint density at radius 3 is 2.54 bits per heavy atom. The monoisotopic (exact) mass is 204 g/mol. The average Bonchev–Trinajstić information content (AvgIpc) is 1.95. The third-order valence-electron chi connectivity index (χ3n) is 1.98. The molecule has 5 nitrogen and oxygen atoms in total. The zero-order valence-electron chi connectivity index (χ0n) is 7.14. The fraction of sp³-hybridized carbons (Fsp3) is 0.571. The summed E-state index contributed by atoms with van der Waals surface area (Å²) in [7, 11) is -3.29. The van der Waals surface area contributed by atoms with E-state index in [-0.39, 0.29) is 18.2 Å². The van der Waals surface area contributed by atoms with Crippen molar-refractivity contribution in [2.45, 2.75) is 6.42 Å². The standard InChI is InChI=1S/C7H12N2O3S/c1-2-13(11,12)9-4-6(5-9)3-7(8)10/h2,6H,1,3-5H2,(H2,8,10). The van der Waals surface area contributed by atoms with E-state index in [1.54, 1.807) is 0 Å². The van der Waals surface area contributed by atoms with Gasteiger partial charge in [-0.3, -0.25) is 4.79 Å². The smallest absolute Gasteiger partial charge is 0.235 e. The Hall–Kier alpha value is -0.880. The van der Waals surface area contributed by atoms with Gasteiger partial charge in [-0.15, -0.1) is 0 Å². The second kappa shape index (κ2) is 3.47. The SMILES string of the molecule is C=CS(=O)(=O)N1CC(CC(N)=O)C1. The number of hydrogen-bond donors (Lipinski definition) is 1. The first-order valence-corrected chi connectivity index (χ1v) is 5.37. The van der Waals surface area contributed by atoms with E-state index in [2.05, 4.69) is 6.58 Å². The van der Waals surface area contributed by atoms with Crippen LogP contribution < -0.4 is 5.73 Å². The van der Waals surface area contributed by atoms with Crippen molar-refractivity contribution in [3.63, 3.8) is 0 Å². The summed E-state index contributed by atoms with van der Waals surface area (Å²) in [5.41, 5.74) is 4.96. The lowest BCUT2D eigenvalue weighted by Gasteiger charge is -2.36. The van der Waals surface area contributed by atoms with Gasteiger partial charge in [-0.2, -0.15) is 4.31 Å². The minimum atomic E-state index is -3.29. The van der Waals surface area contributed by atoms with Gasteiger partial charge in [0.2, 0.25) is 15.9 Å². The van der Waals surface area contributed by atoms with Crippen LogP contribution >= 0.6 is 0 Å². The normalized spacial score (nSPS) is 19.4. The van der Waals surface area contributed by atoms with Crippen LogP contribution in [0.5, 0.6) is 0 Å². The number of rotatable bonds is 4. The van der Waals surface area contributed by atoms with Gasteiger partial charge >= 0.3 is 0 Å². The molecule has 1 saturated heterocycles. The van der Waals surface area contributed by atoms with Gasteiger partial charge in [-0.25, -0.2) is 8.42 Å². The maximum absolute atomic E-state index is 11.1. The fourth-order valence-corrected chi connectivity index (χ4v) is 2.30. The molecule has 0 aromatic carbocycles. The van der Waals surface area contributed by atoms with Crippen LogP contribution in [0.25, 0.3) is 0 Å². The van der Waals surface area contributed by atoms with Crippen molar-refractivity contribution in [1.82, 2.24) is 4.31 Å². The summed E-state index contributed by atoms with van der Waals surface area (Å²) in [6, 6.07) is 0. The molecule has 1 aliphatic heterocycles. The van der Waals surface area contributed by atoms with Crippen LogP contribution in [0.15, 0.2) is 12.0 Å². The van der Waals surface area contributed by atoms with Gasteiger partial charge in [0.05, 0.1) is 0 Å². The third kappa shape index (κ3) is 2.28. The molecule has 13 heavy (non-hydrogen) atoms. The summed E-state index contributed by atoms with van der Waals surface area (Å²) in [5, 5.41) is 0.910. The maximum atomic E-state index is 11.1. The second-order valence-electron chi connectivity index (χ2n) is 3.07. The molecule has 0 aliphatic carbocycles. The lowest BCUT2D eigenvalue weighted by atomic mass is 9.99. The topological polar surface area (TPSA) is 80.5 Å². The molecule has 0 aromatic rings. The summed E-state index contributed by atoms with van der Waals surface area (Å²) >= 11 is 0. The van der Waals surface area contributed by atoms with Gasteiger partial charge < -0.3 is 5.73 Å². The summed E-state index contributed by atoms with van der Waals surface area (Å²) in [6.45, 7) is 3.94. The lowest BCUT2D eigenvalue weighted by molar-refractivity contribution is -0.119. The van der Waals surface area contributed by atoms with Crippen molar-refractivity contribution in [1.29, 1.82) is 0 Å². The summed E-state index contributed by atoms with van der Waals surface area (Å²) in [4.78, 5) is 10.5. The van der Waals surface area contributed by atoms with Crippen LogP contribution in [-0.2, 0) is 14.8 Å². The first-order valence-electron chi connectivity index (χ1n) is 3.86. The number of nitrogens with two attached hydrogens (primary N) is 1. The minimum Gasteiger partial charge on any atom is -0.370 e. The molecule has 0 unspecified atom stereocenters. The van der Waals surface area contributed by atoms with E-state index < -0.39 is 10.0 Å². The molecule has 0 radical (unpaired) electrons. The first-order chi connectivity index (χ1) is 5.95. The van der Waals surface area contributed by atoms with Crippen molar-refractivity contribution < 1.29 is 13.2 Å². The molecule has 0 aromatic heterocycles. The van der Waals surface area contributed by atoms with Crippen LogP contribution in [0.4, 0.5) is 0 Å². The van der Waals surface area contributed by atoms with Crippen LogP contribution in [0, 0.1) is 5.92 Å². The lowest BCUT2D eigenvalue weighted by Crippen LogP contribution is -2.50. The van der Waals surface area contributed by atoms with Crippen LogP contribution in [0.3, 0.4) is 0 Å². The molecule has 0 atom stereocenters. The Morgan fingerprint density at radius 2 is 2.15 bits per heavy atom. The van der Waals surface area contributed by atoms with Crippen LogP contribution in [0.2, 0.25) is 0 Å². The molecule has 1 rings (SSSR count). The summed E-state index contributed by atoms with van der Waals surface area (Å²) in [5.74, 6) is -0.312. The van der Waals surface area contributed by atoms with Crippen LogP contribution in [0.1, 0.15) is 6.42 Å². The molecular formula is C7H12N2O3S. The molecular weight excluding hydrogens is 192 g/mol. The number of nitrogens with zero attached hydrogens (tertiary/aromatic N) is 1. The second-order valence-corrected chi connectivity index (χ2v) is 4.94. The van der Waals surface area contributed by atoms with Gasteiger partial charge in [-0.05, 0) is 5.92 Å². The third-order valence-corrected chi connectivity index (χ3v) is 3.42. The first kappa shape index (κ1) is 10.2. The molecule has 1 amide bonds. The van der Waals surface area contributed by atoms with Gasteiger partial charge in [-0.1, -0.05) is 6.58 Å². The minimum absolute atomic E-state index is 0.0761. The molecule has 1 heterocycles. The average molecular weight is 204 g/mol. The van der Waals surface area contributed by atoms with Crippen molar-refractivity contribution >= 4 is 15.9 Å². The molecule has 6 heteroatoms. The number of carbonyl (C=O) groups excluding carboxylic acids is 1. The highest BCUT2D eigenvalue weighted by atomic mass is 32.2. The fourth-order valence-electron chi connectivity index (χ4n) is 1.25. The van der Waals surface area contributed by atoms with E-state index >= 15 is 0 Å². The Bertz CT molecular complexity index is 317. The van der Waals surface area contributed by atoms with Crippen molar-refractivity contribution in [3.05, 3.63) is 12.0 Å². The zero-order valence-corrected chi connectivity index (χ0v) is 7.96. The predicted octanol–water partition coefficient (Wildman–Crippen LogP) is -0.733. The molecule has 74 valence electrons. The number of sulfonamides is 1. The van der Waals surface area contributed by atoms with Gasteiger partial charge in [0.15, 0.2) is 0 Å². The van der Waals surface area contributed by atoms with E-state index in [4.69, 9.17) is 5.73 Å². The Balaban J connectivity index is 2.42. The zero-order chi connectivity index (χ0) is 10.1. The Morgan fingerprint density at radius 1 is 1.62 bits per heavy atom. The Labute approximate surface area is 77.3 Å². The Kier molecular flexibility index (Phi) is 2.72. The van der Waals surface area contributed by atoms with E-state index in [1.165, 1.54) is 4.31 Å². The predicted molar refractivity (Wildman–Crippen MR) is 48.0 cm³/mol. The molecule has 1 aliphatic rings. The highest BCUT2D eigenvalue weighted by Gasteiger charge is 2.34. The summed E-state index contributed by atoms with van der Waals surface area (Å²) in [6.07, 6.45) is 0.253. The van der Waals surface area contributed by atoms with E-state index in [9.17, 15) is 13.2 Å². The highest BCUT2D eigenvalue weighted by Crippen LogP contribution is 2.22. The maximum Gasteiger partial charge on any atom is 0.235 e. The number of primary amides is 1. The molecule has 2 N–H and O–H groups in total. The largest absolute Gasteiger partial charge is 0.370 e. The summed E-state index contributed by atoms with van der Waals surface area (Å²) < 4.78 is 23.5. The van der Waals surface area contributed by atoms with Crippen LogP contribution in [-0.4, -0.2) is 31.7 Å². The molecule has 1 fully saturated rings. The molecule has 0 saturated carbocycles. The van der Waals surface area contributed by atoms with E-state index in [1.807, 2.05) is 0 Å². The van der Waals surface area contributed by atoms with Crippen molar-refractivity contribution in [2.24, 2.45) is 11.7 Å². The van der Waals surface area contributed by atoms with E-state index in [0.29, 0.717) is 13.1 Å². The van der Waals surface area contributed by atoms with Gasteiger partial charge in [0.25, 0.3) is 0 Å². The van der Waals surface area contributed by atoms with E-state index in [0.717, 1.165) is 5.41 Å².